The van der Waals surface area contributed by atoms with Gasteiger partial charge in [-0.15, -0.1) is 0 Å². The van der Waals surface area contributed by atoms with Gasteiger partial charge in [0.05, 0.1) is 12.0 Å². The topological polar surface area (TPSA) is 75.6 Å². The van der Waals surface area contributed by atoms with Gasteiger partial charge in [0.2, 0.25) is 10.0 Å². The molecule has 106 valence electrons. The zero-order chi connectivity index (χ0) is 14.6. The van der Waals surface area contributed by atoms with Crippen LogP contribution in [0.3, 0.4) is 0 Å². The summed E-state index contributed by atoms with van der Waals surface area (Å²) in [5.41, 5.74) is 0.735. The van der Waals surface area contributed by atoms with E-state index >= 15 is 0 Å². The Morgan fingerprint density at radius 2 is 1.90 bits per heavy atom. The maximum absolute atomic E-state index is 12.1. The van der Waals surface area contributed by atoms with Crippen LogP contribution in [0.15, 0.2) is 53.4 Å². The van der Waals surface area contributed by atoms with Gasteiger partial charge in [0.1, 0.15) is 11.5 Å². The lowest BCUT2D eigenvalue weighted by molar-refractivity contribution is 0.409. The fourth-order valence-corrected chi connectivity index (χ4v) is 2.80. The molecule has 0 atom stereocenters. The second kappa shape index (κ2) is 5.94. The van der Waals surface area contributed by atoms with Gasteiger partial charge >= 0.3 is 0 Å². The quantitative estimate of drug-likeness (QED) is 0.882. The van der Waals surface area contributed by atoms with Crippen LogP contribution in [0.4, 0.5) is 0 Å². The average molecular weight is 293 g/mol. The molecule has 0 aliphatic rings. The van der Waals surface area contributed by atoms with Crippen LogP contribution in [0.25, 0.3) is 0 Å². The Hall–Kier alpha value is -2.05. The molecule has 0 bridgehead atoms. The van der Waals surface area contributed by atoms with Crippen molar-refractivity contribution in [3.8, 4) is 11.5 Å². The molecule has 0 radical (unpaired) electrons. The number of hydrogen-bond acceptors (Lipinski definition) is 4. The summed E-state index contributed by atoms with van der Waals surface area (Å²) in [6, 6.07) is 12.7. The molecule has 5 nitrogen and oxygen atoms in total. The number of aromatic hydroxyl groups is 1. The lowest BCUT2D eigenvalue weighted by Gasteiger charge is -2.10. The van der Waals surface area contributed by atoms with Crippen LogP contribution in [0, 0.1) is 0 Å². The Morgan fingerprint density at radius 3 is 2.60 bits per heavy atom. The number of nitrogens with one attached hydrogen (secondary N) is 1. The predicted octanol–water partition coefficient (Wildman–Crippen LogP) is 1.88. The second-order valence-corrected chi connectivity index (χ2v) is 5.90. The van der Waals surface area contributed by atoms with Crippen LogP contribution < -0.4 is 9.46 Å². The van der Waals surface area contributed by atoms with Crippen LogP contribution >= 0.6 is 0 Å². The molecule has 0 aliphatic heterocycles. The predicted molar refractivity (Wildman–Crippen MR) is 75.1 cm³/mol. The fraction of sp³-hybridized carbons (Fsp3) is 0.143. The Bertz CT molecular complexity index is 698. The molecular formula is C14H15NO4S. The van der Waals surface area contributed by atoms with E-state index in [0.717, 1.165) is 5.56 Å². The first-order valence-corrected chi connectivity index (χ1v) is 7.42. The van der Waals surface area contributed by atoms with Gasteiger partial charge in [-0.1, -0.05) is 24.3 Å². The first kappa shape index (κ1) is 14.4. The third-order valence-corrected chi connectivity index (χ3v) is 4.17. The third kappa shape index (κ3) is 3.28. The van der Waals surface area contributed by atoms with Gasteiger partial charge in [-0.05, 0) is 24.3 Å². The normalized spacial score (nSPS) is 11.2. The van der Waals surface area contributed by atoms with Crippen molar-refractivity contribution in [1.82, 2.24) is 4.72 Å². The van der Waals surface area contributed by atoms with Crippen molar-refractivity contribution in [3.63, 3.8) is 0 Å². The first-order chi connectivity index (χ1) is 9.53. The third-order valence-electron chi connectivity index (χ3n) is 2.77. The molecule has 6 heteroatoms. The van der Waals surface area contributed by atoms with E-state index in [4.69, 9.17) is 4.74 Å². The van der Waals surface area contributed by atoms with Crippen LogP contribution in [-0.2, 0) is 16.6 Å². The van der Waals surface area contributed by atoms with Gasteiger partial charge in [-0.2, -0.15) is 0 Å². The highest BCUT2D eigenvalue weighted by Crippen LogP contribution is 2.19. The fourth-order valence-electron chi connectivity index (χ4n) is 1.76. The average Bonchev–Trinajstić information content (AvgIpc) is 2.45. The smallest absolute Gasteiger partial charge is 0.241 e. The summed E-state index contributed by atoms with van der Waals surface area (Å²) in [5.74, 6) is 0.524. The van der Waals surface area contributed by atoms with Crippen LogP contribution in [-0.4, -0.2) is 20.6 Å². The highest BCUT2D eigenvalue weighted by Gasteiger charge is 2.15. The van der Waals surface area contributed by atoms with Gasteiger partial charge in [0.15, 0.2) is 0 Å². The Labute approximate surface area is 117 Å². The molecule has 2 rings (SSSR count). The lowest BCUT2D eigenvalue weighted by atomic mass is 10.2. The monoisotopic (exact) mass is 293 g/mol. The summed E-state index contributed by atoms with van der Waals surface area (Å²) in [5, 5.41) is 9.33. The van der Waals surface area contributed by atoms with Crippen LogP contribution in [0.2, 0.25) is 0 Å². The zero-order valence-electron chi connectivity index (χ0n) is 10.9. The van der Waals surface area contributed by atoms with E-state index in [1.807, 2.05) is 6.07 Å². The maximum atomic E-state index is 12.1. The molecule has 0 amide bonds. The largest absolute Gasteiger partial charge is 0.508 e. The van der Waals surface area contributed by atoms with Gasteiger partial charge in [-0.25, -0.2) is 13.1 Å². The number of para-hydroxylation sites is 1. The molecule has 0 fully saturated rings. The number of sulfonamides is 1. The molecule has 0 aromatic heterocycles. The number of benzene rings is 2. The highest BCUT2D eigenvalue weighted by atomic mass is 32.2. The zero-order valence-corrected chi connectivity index (χ0v) is 11.7. The summed E-state index contributed by atoms with van der Waals surface area (Å²) in [7, 11) is -2.14. The number of ether oxygens (including phenoxy) is 1. The van der Waals surface area contributed by atoms with Crippen molar-refractivity contribution >= 4 is 10.0 Å². The minimum absolute atomic E-state index is 0.0207. The highest BCUT2D eigenvalue weighted by molar-refractivity contribution is 7.89. The molecule has 0 saturated carbocycles. The second-order valence-electron chi connectivity index (χ2n) is 4.13. The standard InChI is InChI=1S/C14H15NO4S/c1-19-14-8-3-2-5-11(14)10-15-20(17,18)13-7-4-6-12(16)9-13/h2-9,15-16H,10H2,1H3. The van der Waals surface area contributed by atoms with Gasteiger partial charge in [0, 0.05) is 12.1 Å². The van der Waals surface area contributed by atoms with E-state index in [1.54, 1.807) is 18.2 Å². The van der Waals surface area contributed by atoms with Crippen LogP contribution in [0.1, 0.15) is 5.56 Å². The molecular weight excluding hydrogens is 278 g/mol. The summed E-state index contributed by atoms with van der Waals surface area (Å²) in [6.07, 6.45) is 0. The number of phenolic OH excluding ortho intramolecular Hbond substituents is 1. The molecule has 0 unspecified atom stereocenters. The summed E-state index contributed by atoms with van der Waals surface area (Å²) < 4.78 is 31.8. The van der Waals surface area contributed by atoms with Crippen molar-refractivity contribution < 1.29 is 18.3 Å². The molecule has 2 aromatic carbocycles. The van der Waals surface area contributed by atoms with Crippen molar-refractivity contribution in [2.24, 2.45) is 0 Å². The summed E-state index contributed by atoms with van der Waals surface area (Å²) >= 11 is 0. The molecule has 0 spiro atoms. The molecule has 0 heterocycles. The van der Waals surface area contributed by atoms with E-state index in [2.05, 4.69) is 4.72 Å². The van der Waals surface area contributed by atoms with Crippen molar-refractivity contribution in [3.05, 3.63) is 54.1 Å². The summed E-state index contributed by atoms with van der Waals surface area (Å²) in [6.45, 7) is 0.113. The Balaban J connectivity index is 2.17. The lowest BCUT2D eigenvalue weighted by Crippen LogP contribution is -2.23. The Kier molecular flexibility index (Phi) is 4.26. The molecule has 2 N–H and O–H groups in total. The molecule has 0 aliphatic carbocycles. The van der Waals surface area contributed by atoms with E-state index in [0.29, 0.717) is 5.75 Å². The number of methoxy groups -OCH3 is 1. The number of rotatable bonds is 5. The summed E-state index contributed by atoms with van der Waals surface area (Å²) in [4.78, 5) is 0.0207. The van der Waals surface area contributed by atoms with E-state index in [-0.39, 0.29) is 17.2 Å². The number of hydrogen-bond donors (Lipinski definition) is 2. The van der Waals surface area contributed by atoms with Gasteiger partial charge < -0.3 is 9.84 Å². The van der Waals surface area contributed by atoms with Gasteiger partial charge in [0.25, 0.3) is 0 Å². The Morgan fingerprint density at radius 1 is 1.15 bits per heavy atom. The van der Waals surface area contributed by atoms with E-state index in [9.17, 15) is 13.5 Å². The minimum atomic E-state index is -3.67. The molecule has 20 heavy (non-hydrogen) atoms. The van der Waals surface area contributed by atoms with E-state index in [1.165, 1.54) is 31.4 Å². The molecule has 2 aromatic rings. The van der Waals surface area contributed by atoms with Gasteiger partial charge in [-0.3, -0.25) is 0 Å². The van der Waals surface area contributed by atoms with Crippen molar-refractivity contribution in [1.29, 1.82) is 0 Å². The number of phenols is 1. The maximum Gasteiger partial charge on any atom is 0.241 e. The minimum Gasteiger partial charge on any atom is -0.508 e. The van der Waals surface area contributed by atoms with Crippen molar-refractivity contribution in [2.45, 2.75) is 11.4 Å². The van der Waals surface area contributed by atoms with E-state index < -0.39 is 10.0 Å². The SMILES string of the molecule is COc1ccccc1CNS(=O)(=O)c1cccc(O)c1. The molecule has 0 saturated heterocycles. The van der Waals surface area contributed by atoms with Crippen LogP contribution in [0.5, 0.6) is 11.5 Å². The van der Waals surface area contributed by atoms with Crippen molar-refractivity contribution in [2.75, 3.05) is 7.11 Å². The first-order valence-electron chi connectivity index (χ1n) is 5.93.